The second-order valence-corrected chi connectivity index (χ2v) is 3.15. The molecule has 0 saturated heterocycles. The van der Waals surface area contributed by atoms with Gasteiger partial charge in [-0.25, -0.2) is 4.39 Å². The van der Waals surface area contributed by atoms with E-state index in [0.29, 0.717) is 0 Å². The maximum atomic E-state index is 12.8. The molecule has 88 valence electrons. The van der Waals surface area contributed by atoms with Crippen LogP contribution in [0, 0.1) is 18.2 Å². The van der Waals surface area contributed by atoms with Gasteiger partial charge in [0.1, 0.15) is 12.4 Å². The van der Waals surface area contributed by atoms with E-state index in [9.17, 15) is 14.0 Å². The molecule has 0 aliphatic heterocycles. The summed E-state index contributed by atoms with van der Waals surface area (Å²) in [6.07, 6.45) is 7.12. The summed E-state index contributed by atoms with van der Waals surface area (Å²) < 4.78 is 12.8. The summed E-state index contributed by atoms with van der Waals surface area (Å²) >= 11 is 0. The first-order valence-electron chi connectivity index (χ1n) is 4.59. The molecule has 0 radical (unpaired) electrons. The first kappa shape index (κ1) is 12.6. The number of hydrogen-bond donors (Lipinski definition) is 1. The molecule has 0 bridgehead atoms. The van der Waals surface area contributed by atoms with Crippen molar-refractivity contribution in [1.82, 2.24) is 9.88 Å². The molecule has 0 aromatic carbocycles. The van der Waals surface area contributed by atoms with E-state index in [-0.39, 0.29) is 12.1 Å². The fourth-order valence-corrected chi connectivity index (χ4v) is 1.18. The molecule has 0 aliphatic carbocycles. The Labute approximate surface area is 96.9 Å². The predicted octanol–water partition coefficient (Wildman–Crippen LogP) is 0.381. The molecule has 6 heteroatoms. The minimum Gasteiger partial charge on any atom is -0.480 e. The number of aliphatic carboxylic acids is 1. The van der Waals surface area contributed by atoms with Gasteiger partial charge >= 0.3 is 5.97 Å². The molecule has 1 rings (SSSR count). The Kier molecular flexibility index (Phi) is 4.17. The summed E-state index contributed by atoms with van der Waals surface area (Å²) in [7, 11) is 0. The predicted molar refractivity (Wildman–Crippen MR) is 56.6 cm³/mol. The Balaban J connectivity index is 2.92. The molecular weight excluding hydrogens is 227 g/mol. The minimum absolute atomic E-state index is 0.0403. The van der Waals surface area contributed by atoms with E-state index in [2.05, 4.69) is 10.9 Å². The van der Waals surface area contributed by atoms with Gasteiger partial charge < -0.3 is 10.0 Å². The number of nitrogens with zero attached hydrogens (tertiary/aromatic N) is 2. The molecule has 1 amide bonds. The van der Waals surface area contributed by atoms with E-state index in [4.69, 9.17) is 11.5 Å². The molecule has 0 atom stereocenters. The number of terminal acetylenes is 1. The Bertz CT molecular complexity index is 482. The van der Waals surface area contributed by atoms with Crippen molar-refractivity contribution in [3.63, 3.8) is 0 Å². The van der Waals surface area contributed by atoms with E-state index in [1.54, 1.807) is 0 Å². The summed E-state index contributed by atoms with van der Waals surface area (Å²) in [5, 5.41) is 8.61. The molecule has 1 N–H and O–H groups in total. The maximum absolute atomic E-state index is 12.8. The van der Waals surface area contributed by atoms with E-state index in [0.717, 1.165) is 23.4 Å². The van der Waals surface area contributed by atoms with Crippen LogP contribution in [0.15, 0.2) is 18.5 Å². The van der Waals surface area contributed by atoms with Crippen LogP contribution in [0.3, 0.4) is 0 Å². The number of aromatic nitrogens is 1. The standard InChI is InChI=1S/C11H9FN2O3/c1-2-3-14(7-10(15)16)11(17)8-4-9(12)6-13-5-8/h1,4-6H,3,7H2,(H,15,16). The van der Waals surface area contributed by atoms with Gasteiger partial charge in [0, 0.05) is 6.20 Å². The third-order valence-corrected chi connectivity index (χ3v) is 1.85. The van der Waals surface area contributed by atoms with Crippen molar-refractivity contribution in [2.24, 2.45) is 0 Å². The topological polar surface area (TPSA) is 70.5 Å². The van der Waals surface area contributed by atoms with Gasteiger partial charge in [-0.1, -0.05) is 5.92 Å². The number of carboxylic acids is 1. The second kappa shape index (κ2) is 5.61. The SMILES string of the molecule is C#CCN(CC(=O)O)C(=O)c1cncc(F)c1. The zero-order valence-corrected chi connectivity index (χ0v) is 8.76. The zero-order chi connectivity index (χ0) is 12.8. The van der Waals surface area contributed by atoms with Crippen LogP contribution in [0.25, 0.3) is 0 Å². The van der Waals surface area contributed by atoms with Crippen LogP contribution in [0.1, 0.15) is 10.4 Å². The van der Waals surface area contributed by atoms with E-state index in [1.807, 2.05) is 0 Å². The van der Waals surface area contributed by atoms with Gasteiger partial charge in [-0.15, -0.1) is 6.42 Å². The van der Waals surface area contributed by atoms with Crippen molar-refractivity contribution in [2.45, 2.75) is 0 Å². The van der Waals surface area contributed by atoms with E-state index >= 15 is 0 Å². The smallest absolute Gasteiger partial charge is 0.323 e. The van der Waals surface area contributed by atoms with Crippen molar-refractivity contribution in [3.05, 3.63) is 29.8 Å². The Morgan fingerprint density at radius 1 is 1.53 bits per heavy atom. The highest BCUT2D eigenvalue weighted by atomic mass is 19.1. The van der Waals surface area contributed by atoms with Crippen molar-refractivity contribution in [2.75, 3.05) is 13.1 Å². The first-order valence-corrected chi connectivity index (χ1v) is 4.59. The second-order valence-electron chi connectivity index (χ2n) is 3.15. The van der Waals surface area contributed by atoms with Gasteiger partial charge in [-0.3, -0.25) is 14.6 Å². The largest absolute Gasteiger partial charge is 0.480 e. The molecule has 0 saturated carbocycles. The van der Waals surface area contributed by atoms with Gasteiger partial charge in [-0.2, -0.15) is 0 Å². The third-order valence-electron chi connectivity index (χ3n) is 1.85. The molecule has 1 aromatic heterocycles. The Hall–Kier alpha value is -2.42. The highest BCUT2D eigenvalue weighted by molar-refractivity contribution is 5.95. The van der Waals surface area contributed by atoms with Crippen molar-refractivity contribution < 1.29 is 19.1 Å². The summed E-state index contributed by atoms with van der Waals surface area (Å²) in [5.41, 5.74) is -0.0403. The lowest BCUT2D eigenvalue weighted by molar-refractivity contribution is -0.137. The molecule has 1 aromatic rings. The van der Waals surface area contributed by atoms with Crippen molar-refractivity contribution in [3.8, 4) is 12.3 Å². The van der Waals surface area contributed by atoms with Crippen molar-refractivity contribution >= 4 is 11.9 Å². The normalized spacial score (nSPS) is 9.41. The van der Waals surface area contributed by atoms with Crippen LogP contribution in [0.4, 0.5) is 4.39 Å². The summed E-state index contributed by atoms with van der Waals surface area (Å²) in [4.78, 5) is 26.7. The average molecular weight is 236 g/mol. The highest BCUT2D eigenvalue weighted by Gasteiger charge is 2.18. The van der Waals surface area contributed by atoms with Crippen molar-refractivity contribution in [1.29, 1.82) is 0 Å². The summed E-state index contributed by atoms with van der Waals surface area (Å²) in [6.45, 7) is -0.707. The van der Waals surface area contributed by atoms with Crippen LogP contribution in [-0.2, 0) is 4.79 Å². The van der Waals surface area contributed by atoms with Crippen LogP contribution >= 0.6 is 0 Å². The third kappa shape index (κ3) is 3.57. The summed E-state index contributed by atoms with van der Waals surface area (Å²) in [5.74, 6) is -0.374. The van der Waals surface area contributed by atoms with E-state index in [1.165, 1.54) is 0 Å². The first-order chi connectivity index (χ1) is 8.04. The quantitative estimate of drug-likeness (QED) is 0.767. The molecule has 1 heterocycles. The lowest BCUT2D eigenvalue weighted by Gasteiger charge is -2.17. The zero-order valence-electron chi connectivity index (χ0n) is 8.76. The molecule has 0 unspecified atom stereocenters. The number of rotatable bonds is 4. The molecule has 5 nitrogen and oxygen atoms in total. The fraction of sp³-hybridized carbons (Fsp3) is 0.182. The average Bonchev–Trinajstić information content (AvgIpc) is 2.27. The number of pyridine rings is 1. The van der Waals surface area contributed by atoms with E-state index < -0.39 is 24.2 Å². The van der Waals surface area contributed by atoms with Gasteiger partial charge in [0.2, 0.25) is 0 Å². The number of amides is 1. The molecular formula is C11H9FN2O3. The maximum Gasteiger partial charge on any atom is 0.323 e. The number of hydrogen-bond acceptors (Lipinski definition) is 3. The number of carbonyl (C=O) groups excluding carboxylic acids is 1. The highest BCUT2D eigenvalue weighted by Crippen LogP contribution is 2.05. The Morgan fingerprint density at radius 2 is 2.24 bits per heavy atom. The van der Waals surface area contributed by atoms with Crippen LogP contribution in [0.5, 0.6) is 0 Å². The lowest BCUT2D eigenvalue weighted by Crippen LogP contribution is -2.36. The number of carbonyl (C=O) groups is 2. The van der Waals surface area contributed by atoms with Crippen LogP contribution in [-0.4, -0.2) is 40.0 Å². The lowest BCUT2D eigenvalue weighted by atomic mass is 10.2. The minimum atomic E-state index is -1.20. The van der Waals surface area contributed by atoms with Crippen LogP contribution in [0.2, 0.25) is 0 Å². The molecule has 0 aliphatic rings. The fourth-order valence-electron chi connectivity index (χ4n) is 1.18. The van der Waals surface area contributed by atoms with Gasteiger partial charge in [0.05, 0.1) is 18.3 Å². The molecule has 17 heavy (non-hydrogen) atoms. The van der Waals surface area contributed by atoms with Gasteiger partial charge in [0.15, 0.2) is 0 Å². The molecule has 0 fully saturated rings. The Morgan fingerprint density at radius 3 is 2.76 bits per heavy atom. The summed E-state index contributed by atoms with van der Waals surface area (Å²) in [6, 6.07) is 0.973. The van der Waals surface area contributed by atoms with Gasteiger partial charge in [0.25, 0.3) is 5.91 Å². The van der Waals surface area contributed by atoms with Gasteiger partial charge in [-0.05, 0) is 6.07 Å². The number of carboxylic acid groups (broad SMARTS) is 1. The monoisotopic (exact) mass is 236 g/mol. The molecule has 0 spiro atoms. The van der Waals surface area contributed by atoms with Crippen LogP contribution < -0.4 is 0 Å². The number of halogens is 1.